The lowest BCUT2D eigenvalue weighted by Gasteiger charge is -2.04. The first-order valence-corrected chi connectivity index (χ1v) is 11.8. The molecule has 0 aromatic heterocycles. The Morgan fingerprint density at radius 1 is 0.621 bits per heavy atom. The minimum Gasteiger partial charge on any atom is -0.370 e. The van der Waals surface area contributed by atoms with E-state index in [1.165, 1.54) is 57.8 Å². The van der Waals surface area contributed by atoms with Crippen LogP contribution in [-0.2, 0) is 14.4 Å². The second-order valence-electron chi connectivity index (χ2n) is 7.98. The Balaban J connectivity index is 3.36. The Morgan fingerprint density at radius 3 is 1.55 bits per heavy atom. The van der Waals surface area contributed by atoms with E-state index in [4.69, 9.17) is 5.73 Å². The third-order valence-corrected chi connectivity index (χ3v) is 5.02. The van der Waals surface area contributed by atoms with Gasteiger partial charge in [0.1, 0.15) is 0 Å². The molecule has 0 radical (unpaired) electrons. The quantitative estimate of drug-likeness (QED) is 0.200. The van der Waals surface area contributed by atoms with Gasteiger partial charge in [-0.05, 0) is 44.9 Å². The third-order valence-electron chi connectivity index (χ3n) is 5.02. The smallest absolute Gasteiger partial charge is 0.226 e. The van der Waals surface area contributed by atoms with Crippen LogP contribution in [0.2, 0.25) is 0 Å². The highest BCUT2D eigenvalue weighted by Crippen LogP contribution is 2.10. The van der Waals surface area contributed by atoms with E-state index in [2.05, 4.69) is 24.4 Å². The number of imide groups is 1. The molecule has 3 amide bonds. The molecule has 5 heteroatoms. The van der Waals surface area contributed by atoms with Crippen LogP contribution in [0.5, 0.6) is 0 Å². The fourth-order valence-corrected chi connectivity index (χ4v) is 3.22. The lowest BCUT2D eigenvalue weighted by Crippen LogP contribution is -2.29. The lowest BCUT2D eigenvalue weighted by molar-refractivity contribution is -0.130. The molecule has 5 nitrogen and oxygen atoms in total. The largest absolute Gasteiger partial charge is 0.370 e. The third kappa shape index (κ3) is 22.5. The van der Waals surface area contributed by atoms with Gasteiger partial charge in [0.25, 0.3) is 0 Å². The fraction of sp³-hybridized carbons (Fsp3) is 0.792. The van der Waals surface area contributed by atoms with E-state index in [1.807, 2.05) is 0 Å². The van der Waals surface area contributed by atoms with E-state index < -0.39 is 0 Å². The second kappa shape index (κ2) is 21.1. The Hall–Kier alpha value is -1.65. The molecular formula is C24H44N2O3. The molecule has 0 aromatic carbocycles. The van der Waals surface area contributed by atoms with E-state index in [0.717, 1.165) is 25.7 Å². The van der Waals surface area contributed by atoms with E-state index in [1.54, 1.807) is 0 Å². The summed E-state index contributed by atoms with van der Waals surface area (Å²) in [5.74, 6) is -0.805. The summed E-state index contributed by atoms with van der Waals surface area (Å²) in [6, 6.07) is 0. The number of rotatable bonds is 20. The molecule has 0 rings (SSSR count). The van der Waals surface area contributed by atoms with Crippen molar-refractivity contribution in [1.29, 1.82) is 0 Å². The number of nitrogens with one attached hydrogen (secondary N) is 1. The van der Waals surface area contributed by atoms with E-state index in [9.17, 15) is 14.4 Å². The van der Waals surface area contributed by atoms with Crippen molar-refractivity contribution in [3.05, 3.63) is 12.2 Å². The molecule has 0 fully saturated rings. The lowest BCUT2D eigenvalue weighted by atomic mass is 10.1. The van der Waals surface area contributed by atoms with Gasteiger partial charge in [-0.25, -0.2) is 0 Å². The number of nitrogens with two attached hydrogens (primary N) is 1. The zero-order valence-corrected chi connectivity index (χ0v) is 18.7. The fourth-order valence-electron chi connectivity index (χ4n) is 3.22. The van der Waals surface area contributed by atoms with Gasteiger partial charge in [-0.2, -0.15) is 0 Å². The number of carbonyl (C=O) groups excluding carboxylic acids is 3. The number of primary amides is 1. The molecule has 0 saturated heterocycles. The first-order valence-electron chi connectivity index (χ1n) is 11.8. The minimum absolute atomic E-state index is 0.192. The van der Waals surface area contributed by atoms with Crippen LogP contribution < -0.4 is 11.1 Å². The van der Waals surface area contributed by atoms with Gasteiger partial charge in [-0.3, -0.25) is 19.7 Å². The number of unbranched alkanes of at least 4 members (excludes halogenated alkanes) is 12. The van der Waals surface area contributed by atoms with E-state index >= 15 is 0 Å². The Labute approximate surface area is 178 Å². The first kappa shape index (κ1) is 27.4. The normalized spacial score (nSPS) is 11.1. The van der Waals surface area contributed by atoms with E-state index in [-0.39, 0.29) is 30.6 Å². The van der Waals surface area contributed by atoms with Gasteiger partial charge in [0.2, 0.25) is 17.7 Å². The Morgan fingerprint density at radius 2 is 1.03 bits per heavy atom. The van der Waals surface area contributed by atoms with E-state index in [0.29, 0.717) is 19.3 Å². The molecule has 0 aliphatic carbocycles. The number of carbonyl (C=O) groups is 3. The molecule has 0 heterocycles. The summed E-state index contributed by atoms with van der Waals surface area (Å²) in [6.45, 7) is 2.25. The maximum Gasteiger partial charge on any atom is 0.226 e. The standard InChI is InChI=1S/C24H44N2O3/c1-2-3-4-5-6-7-8-9-10-11-12-13-14-15-16-20-23(28)26-24(29)21-18-17-19-22(25)27/h9-10H,2-8,11-21H2,1H3,(H2,25,27)(H,26,28,29)/b10-9-. The van der Waals surface area contributed by atoms with Crippen LogP contribution >= 0.6 is 0 Å². The molecule has 168 valence electrons. The average molecular weight is 409 g/mol. The van der Waals surface area contributed by atoms with Gasteiger partial charge in [-0.15, -0.1) is 0 Å². The molecule has 29 heavy (non-hydrogen) atoms. The topological polar surface area (TPSA) is 89.3 Å². The molecular weight excluding hydrogens is 364 g/mol. The molecule has 0 aromatic rings. The highest BCUT2D eigenvalue weighted by atomic mass is 16.2. The summed E-state index contributed by atoms with van der Waals surface area (Å²) in [4.78, 5) is 33.9. The van der Waals surface area contributed by atoms with Gasteiger partial charge in [0.05, 0.1) is 0 Å². The van der Waals surface area contributed by atoms with Gasteiger partial charge >= 0.3 is 0 Å². The van der Waals surface area contributed by atoms with Crippen LogP contribution in [0.1, 0.15) is 122 Å². The Bertz CT molecular complexity index is 461. The van der Waals surface area contributed by atoms with Crippen molar-refractivity contribution in [1.82, 2.24) is 5.32 Å². The highest BCUT2D eigenvalue weighted by molar-refractivity contribution is 5.95. The number of allylic oxidation sites excluding steroid dienone is 2. The van der Waals surface area contributed by atoms with Crippen molar-refractivity contribution in [2.75, 3.05) is 0 Å². The predicted octanol–water partition coefficient (Wildman–Crippen LogP) is 5.71. The van der Waals surface area contributed by atoms with Crippen molar-refractivity contribution in [3.63, 3.8) is 0 Å². The summed E-state index contributed by atoms with van der Waals surface area (Å²) in [6.07, 6.45) is 22.7. The zero-order chi connectivity index (χ0) is 21.6. The summed E-state index contributed by atoms with van der Waals surface area (Å²) in [5, 5.41) is 2.41. The van der Waals surface area contributed by atoms with Crippen molar-refractivity contribution in [3.8, 4) is 0 Å². The molecule has 0 aliphatic heterocycles. The predicted molar refractivity (Wildman–Crippen MR) is 120 cm³/mol. The second-order valence-corrected chi connectivity index (χ2v) is 7.98. The van der Waals surface area contributed by atoms with Gasteiger partial charge in [-0.1, -0.05) is 70.4 Å². The van der Waals surface area contributed by atoms with Crippen LogP contribution in [0.15, 0.2) is 12.2 Å². The van der Waals surface area contributed by atoms with Crippen LogP contribution in [0.4, 0.5) is 0 Å². The summed E-state index contributed by atoms with van der Waals surface area (Å²) < 4.78 is 0. The SMILES string of the molecule is CCCCCCCC/C=C\CCCCCCCC(=O)NC(=O)CCCCC(N)=O. The Kier molecular flexibility index (Phi) is 19.9. The molecule has 0 saturated carbocycles. The molecule has 0 aliphatic rings. The highest BCUT2D eigenvalue weighted by Gasteiger charge is 2.07. The number of amides is 3. The van der Waals surface area contributed by atoms with Gasteiger partial charge in [0, 0.05) is 19.3 Å². The molecule has 0 unspecified atom stereocenters. The first-order chi connectivity index (χ1) is 14.1. The molecule has 0 bridgehead atoms. The summed E-state index contributed by atoms with van der Waals surface area (Å²) in [5.41, 5.74) is 5.04. The van der Waals surface area contributed by atoms with Crippen molar-refractivity contribution < 1.29 is 14.4 Å². The van der Waals surface area contributed by atoms with Gasteiger partial charge < -0.3 is 5.73 Å². The van der Waals surface area contributed by atoms with Crippen LogP contribution in [-0.4, -0.2) is 17.7 Å². The number of hydrogen-bond donors (Lipinski definition) is 2. The summed E-state index contributed by atoms with van der Waals surface area (Å²) >= 11 is 0. The van der Waals surface area contributed by atoms with Crippen molar-refractivity contribution in [2.24, 2.45) is 5.73 Å². The number of hydrogen-bond acceptors (Lipinski definition) is 3. The zero-order valence-electron chi connectivity index (χ0n) is 18.7. The van der Waals surface area contributed by atoms with Crippen LogP contribution in [0, 0.1) is 0 Å². The summed E-state index contributed by atoms with van der Waals surface area (Å²) in [7, 11) is 0. The van der Waals surface area contributed by atoms with Crippen molar-refractivity contribution >= 4 is 17.7 Å². The molecule has 3 N–H and O–H groups in total. The average Bonchev–Trinajstić information content (AvgIpc) is 2.68. The molecule has 0 spiro atoms. The van der Waals surface area contributed by atoms with Gasteiger partial charge in [0.15, 0.2) is 0 Å². The van der Waals surface area contributed by atoms with Crippen molar-refractivity contribution in [2.45, 2.75) is 122 Å². The maximum atomic E-state index is 11.7. The van der Waals surface area contributed by atoms with Crippen LogP contribution in [0.25, 0.3) is 0 Å². The molecule has 0 atom stereocenters. The monoisotopic (exact) mass is 408 g/mol. The maximum absolute atomic E-state index is 11.7. The minimum atomic E-state index is -0.356. The van der Waals surface area contributed by atoms with Crippen LogP contribution in [0.3, 0.4) is 0 Å².